The molecule has 2 N–H and O–H groups in total. The third-order valence-corrected chi connectivity index (χ3v) is 6.17. The van der Waals surface area contributed by atoms with Gasteiger partial charge in [-0.25, -0.2) is 0 Å². The molecule has 3 nitrogen and oxygen atoms in total. The molecular weight excluding hydrogens is 248 g/mol. The molecule has 0 aromatic carbocycles. The molecular formula is C17H32N2O. The Kier molecular flexibility index (Phi) is 4.78. The van der Waals surface area contributed by atoms with Crippen LogP contribution in [-0.4, -0.2) is 25.0 Å². The van der Waals surface area contributed by atoms with Crippen LogP contribution in [0.25, 0.3) is 0 Å². The fourth-order valence-electron chi connectivity index (χ4n) is 3.88. The van der Waals surface area contributed by atoms with Crippen LogP contribution in [0.1, 0.15) is 66.2 Å². The molecule has 0 bridgehead atoms. The van der Waals surface area contributed by atoms with E-state index in [1.165, 1.54) is 25.7 Å². The maximum absolute atomic E-state index is 12.0. The van der Waals surface area contributed by atoms with Gasteiger partial charge in [-0.1, -0.05) is 53.4 Å². The number of carbonyl (C=O) groups is 1. The molecule has 0 saturated heterocycles. The third kappa shape index (κ3) is 3.36. The van der Waals surface area contributed by atoms with Crippen LogP contribution in [0.5, 0.6) is 0 Å². The van der Waals surface area contributed by atoms with Crippen LogP contribution in [0, 0.1) is 16.7 Å². The van der Waals surface area contributed by atoms with Gasteiger partial charge >= 0.3 is 0 Å². The van der Waals surface area contributed by atoms with E-state index in [-0.39, 0.29) is 5.91 Å². The van der Waals surface area contributed by atoms with E-state index >= 15 is 0 Å². The average molecular weight is 280 g/mol. The molecule has 116 valence electrons. The van der Waals surface area contributed by atoms with Crippen LogP contribution in [0.15, 0.2) is 0 Å². The molecule has 0 heterocycles. The molecule has 2 rings (SSSR count). The van der Waals surface area contributed by atoms with Gasteiger partial charge in [0.25, 0.3) is 0 Å². The van der Waals surface area contributed by atoms with Gasteiger partial charge in [-0.2, -0.15) is 0 Å². The van der Waals surface area contributed by atoms with Gasteiger partial charge in [0.2, 0.25) is 5.91 Å². The zero-order valence-corrected chi connectivity index (χ0v) is 13.7. The minimum absolute atomic E-state index is 0.174. The number of rotatable bonds is 5. The van der Waals surface area contributed by atoms with E-state index in [4.69, 9.17) is 0 Å². The van der Waals surface area contributed by atoms with Gasteiger partial charge in [0, 0.05) is 6.04 Å². The number of amides is 1. The van der Waals surface area contributed by atoms with E-state index in [1.54, 1.807) is 0 Å². The van der Waals surface area contributed by atoms with Gasteiger partial charge in [0.05, 0.1) is 6.54 Å². The topological polar surface area (TPSA) is 41.1 Å². The number of carbonyl (C=O) groups excluding carboxylic acids is 1. The van der Waals surface area contributed by atoms with Crippen LogP contribution in [-0.2, 0) is 4.79 Å². The van der Waals surface area contributed by atoms with E-state index in [1.807, 2.05) is 0 Å². The van der Waals surface area contributed by atoms with Gasteiger partial charge in [-0.05, 0) is 36.1 Å². The summed E-state index contributed by atoms with van der Waals surface area (Å²) in [7, 11) is 0. The summed E-state index contributed by atoms with van der Waals surface area (Å²) in [5.41, 5.74) is 0.801. The highest BCUT2D eigenvalue weighted by atomic mass is 16.1. The maximum atomic E-state index is 12.0. The van der Waals surface area contributed by atoms with Crippen LogP contribution >= 0.6 is 0 Å². The van der Waals surface area contributed by atoms with Gasteiger partial charge in [-0.15, -0.1) is 0 Å². The monoisotopic (exact) mass is 280 g/mol. The molecule has 2 fully saturated rings. The van der Waals surface area contributed by atoms with Crippen LogP contribution < -0.4 is 10.6 Å². The molecule has 2 aliphatic carbocycles. The lowest BCUT2D eigenvalue weighted by molar-refractivity contribution is -0.121. The number of hydrogen-bond acceptors (Lipinski definition) is 2. The van der Waals surface area contributed by atoms with Crippen molar-refractivity contribution in [3.05, 3.63) is 0 Å². The van der Waals surface area contributed by atoms with Crippen molar-refractivity contribution in [3.8, 4) is 0 Å². The van der Waals surface area contributed by atoms with Gasteiger partial charge < -0.3 is 10.6 Å². The lowest BCUT2D eigenvalue weighted by atomic mass is 10.0. The number of hydrogen-bond donors (Lipinski definition) is 2. The van der Waals surface area contributed by atoms with Crippen LogP contribution in [0.4, 0.5) is 0 Å². The SMILES string of the molecule is CC1(C)C(CNCC(=O)NC2CCCCCC2)C1(C)C. The second kappa shape index (κ2) is 6.05. The quantitative estimate of drug-likeness (QED) is 0.760. The Morgan fingerprint density at radius 2 is 1.55 bits per heavy atom. The molecule has 20 heavy (non-hydrogen) atoms. The van der Waals surface area contributed by atoms with Crippen molar-refractivity contribution in [2.45, 2.75) is 72.3 Å². The normalized spacial score (nSPS) is 26.0. The first kappa shape index (κ1) is 15.8. The van der Waals surface area contributed by atoms with Crippen molar-refractivity contribution in [2.75, 3.05) is 13.1 Å². The van der Waals surface area contributed by atoms with E-state index in [0.717, 1.165) is 19.4 Å². The van der Waals surface area contributed by atoms with E-state index in [0.29, 0.717) is 29.3 Å². The summed E-state index contributed by atoms with van der Waals surface area (Å²) in [6.07, 6.45) is 7.52. The number of nitrogens with one attached hydrogen (secondary N) is 2. The molecule has 3 heteroatoms. The lowest BCUT2D eigenvalue weighted by Crippen LogP contribution is -2.40. The summed E-state index contributed by atoms with van der Waals surface area (Å²) < 4.78 is 0. The fourth-order valence-corrected chi connectivity index (χ4v) is 3.88. The summed E-state index contributed by atoms with van der Waals surface area (Å²) in [6, 6.07) is 0.417. The molecule has 0 aromatic rings. The zero-order valence-electron chi connectivity index (χ0n) is 13.7. The summed E-state index contributed by atoms with van der Waals surface area (Å²) in [4.78, 5) is 12.0. The smallest absolute Gasteiger partial charge is 0.234 e. The molecule has 0 aromatic heterocycles. The lowest BCUT2D eigenvalue weighted by Gasteiger charge is -2.16. The highest BCUT2D eigenvalue weighted by Gasteiger charge is 2.63. The molecule has 0 atom stereocenters. The Hall–Kier alpha value is -0.570. The van der Waals surface area contributed by atoms with E-state index in [2.05, 4.69) is 38.3 Å². The second-order valence-electron chi connectivity index (χ2n) is 7.88. The summed E-state index contributed by atoms with van der Waals surface area (Å²) in [5.74, 6) is 0.855. The molecule has 2 aliphatic rings. The molecule has 0 aliphatic heterocycles. The van der Waals surface area contributed by atoms with Gasteiger partial charge in [-0.3, -0.25) is 4.79 Å². The first-order valence-electron chi connectivity index (χ1n) is 8.36. The molecule has 2 saturated carbocycles. The Morgan fingerprint density at radius 1 is 1.00 bits per heavy atom. The molecule has 1 amide bonds. The predicted molar refractivity (Wildman–Crippen MR) is 83.6 cm³/mol. The highest BCUT2D eigenvalue weighted by Crippen LogP contribution is 2.67. The first-order chi connectivity index (χ1) is 9.35. The maximum Gasteiger partial charge on any atom is 0.234 e. The van der Waals surface area contributed by atoms with E-state index in [9.17, 15) is 4.79 Å². The minimum atomic E-state index is 0.174. The van der Waals surface area contributed by atoms with Crippen molar-refractivity contribution in [3.63, 3.8) is 0 Å². The Balaban J connectivity index is 1.63. The Bertz CT molecular complexity index is 327. The highest BCUT2D eigenvalue weighted by molar-refractivity contribution is 5.78. The minimum Gasteiger partial charge on any atom is -0.352 e. The van der Waals surface area contributed by atoms with E-state index < -0.39 is 0 Å². The largest absolute Gasteiger partial charge is 0.352 e. The molecule has 0 radical (unpaired) electrons. The Morgan fingerprint density at radius 3 is 2.05 bits per heavy atom. The molecule has 0 spiro atoms. The van der Waals surface area contributed by atoms with Crippen molar-refractivity contribution in [1.29, 1.82) is 0 Å². The van der Waals surface area contributed by atoms with Crippen molar-refractivity contribution < 1.29 is 4.79 Å². The predicted octanol–water partition coefficient (Wildman–Crippen LogP) is 3.10. The summed E-state index contributed by atoms with van der Waals surface area (Å²) in [6.45, 7) is 10.7. The van der Waals surface area contributed by atoms with Crippen LogP contribution in [0.3, 0.4) is 0 Å². The Labute approximate surface area is 124 Å². The summed E-state index contributed by atoms with van der Waals surface area (Å²) >= 11 is 0. The van der Waals surface area contributed by atoms with Crippen molar-refractivity contribution in [1.82, 2.24) is 10.6 Å². The van der Waals surface area contributed by atoms with Crippen molar-refractivity contribution in [2.24, 2.45) is 16.7 Å². The standard InChI is InChI=1S/C17H32N2O/c1-16(2)14(17(16,3)4)11-18-12-15(20)19-13-9-7-5-6-8-10-13/h13-14,18H,5-12H2,1-4H3,(H,19,20). The first-order valence-corrected chi connectivity index (χ1v) is 8.36. The zero-order chi connectivity index (χ0) is 14.8. The molecule has 0 unspecified atom stereocenters. The average Bonchev–Trinajstić information content (AvgIpc) is 2.89. The van der Waals surface area contributed by atoms with Gasteiger partial charge in [0.15, 0.2) is 0 Å². The second-order valence-corrected chi connectivity index (χ2v) is 7.88. The summed E-state index contributed by atoms with van der Waals surface area (Å²) in [5, 5.41) is 6.54. The third-order valence-electron chi connectivity index (χ3n) is 6.17. The van der Waals surface area contributed by atoms with Crippen LogP contribution in [0.2, 0.25) is 0 Å². The fraction of sp³-hybridized carbons (Fsp3) is 0.941. The van der Waals surface area contributed by atoms with Crippen molar-refractivity contribution >= 4 is 5.91 Å². The van der Waals surface area contributed by atoms with Gasteiger partial charge in [0.1, 0.15) is 0 Å².